The van der Waals surface area contributed by atoms with Crippen molar-refractivity contribution in [3.05, 3.63) is 30.1 Å². The Labute approximate surface area is 116 Å². The lowest BCUT2D eigenvalue weighted by Gasteiger charge is -2.32. The molecular weight excluding hydrogens is 262 g/mol. The van der Waals surface area contributed by atoms with Crippen molar-refractivity contribution in [1.82, 2.24) is 15.2 Å². The highest BCUT2D eigenvalue weighted by Crippen LogP contribution is 2.09. The first-order valence-corrected chi connectivity index (χ1v) is 6.41. The van der Waals surface area contributed by atoms with Gasteiger partial charge in [0.05, 0.1) is 31.4 Å². The van der Waals surface area contributed by atoms with Crippen molar-refractivity contribution < 1.29 is 19.4 Å². The molecule has 0 aliphatic carbocycles. The maximum Gasteiger partial charge on any atom is 0.317 e. The highest BCUT2D eigenvalue weighted by Gasteiger charge is 2.25. The van der Waals surface area contributed by atoms with Crippen molar-refractivity contribution in [2.24, 2.45) is 0 Å². The molecule has 1 atom stereocenters. The molecule has 0 saturated carbocycles. The molecule has 1 unspecified atom stereocenters. The smallest absolute Gasteiger partial charge is 0.317 e. The zero-order chi connectivity index (χ0) is 14.4. The highest BCUT2D eigenvalue weighted by atomic mass is 16.5. The summed E-state index contributed by atoms with van der Waals surface area (Å²) in [4.78, 5) is 28.3. The standard InChI is InChI=1S/C13H17N3O4/c17-12(18)7-11-9-16(5-6-20-11)13(19)15-8-10-3-1-2-4-14-10/h1-4,11H,5-9H2,(H,15,19)(H,17,18). The van der Waals surface area contributed by atoms with Gasteiger partial charge in [-0.25, -0.2) is 4.79 Å². The second kappa shape index (κ2) is 6.85. The molecule has 7 heteroatoms. The van der Waals surface area contributed by atoms with E-state index >= 15 is 0 Å². The molecule has 2 rings (SSSR count). The number of carboxylic acids is 1. The summed E-state index contributed by atoms with van der Waals surface area (Å²) in [5.74, 6) is -0.925. The topological polar surface area (TPSA) is 91.8 Å². The van der Waals surface area contributed by atoms with Crippen molar-refractivity contribution >= 4 is 12.0 Å². The van der Waals surface area contributed by atoms with Gasteiger partial charge in [-0.05, 0) is 12.1 Å². The molecule has 2 N–H and O–H groups in total. The molecule has 1 aromatic rings. The van der Waals surface area contributed by atoms with Crippen molar-refractivity contribution in [3.8, 4) is 0 Å². The Morgan fingerprint density at radius 2 is 2.35 bits per heavy atom. The minimum atomic E-state index is -0.925. The van der Waals surface area contributed by atoms with E-state index in [0.717, 1.165) is 5.69 Å². The van der Waals surface area contributed by atoms with E-state index in [1.807, 2.05) is 18.2 Å². The van der Waals surface area contributed by atoms with Crippen LogP contribution in [0.5, 0.6) is 0 Å². The Hall–Kier alpha value is -2.15. The average molecular weight is 279 g/mol. The van der Waals surface area contributed by atoms with Crippen LogP contribution in [0.2, 0.25) is 0 Å². The first-order chi connectivity index (χ1) is 9.65. The Kier molecular flexibility index (Phi) is 4.89. The van der Waals surface area contributed by atoms with Gasteiger partial charge in [-0.1, -0.05) is 6.07 Å². The van der Waals surface area contributed by atoms with Crippen LogP contribution in [0.25, 0.3) is 0 Å². The quantitative estimate of drug-likeness (QED) is 0.835. The number of urea groups is 1. The average Bonchev–Trinajstić information content (AvgIpc) is 2.45. The third-order valence-electron chi connectivity index (χ3n) is 2.98. The van der Waals surface area contributed by atoms with Crippen molar-refractivity contribution in [1.29, 1.82) is 0 Å². The van der Waals surface area contributed by atoms with Gasteiger partial charge in [0, 0.05) is 19.3 Å². The third kappa shape index (κ3) is 4.20. The first kappa shape index (κ1) is 14.3. The van der Waals surface area contributed by atoms with Gasteiger partial charge in [0.1, 0.15) is 0 Å². The zero-order valence-corrected chi connectivity index (χ0v) is 11.0. The van der Waals surface area contributed by atoms with Crippen molar-refractivity contribution in [2.75, 3.05) is 19.7 Å². The van der Waals surface area contributed by atoms with Gasteiger partial charge in [-0.3, -0.25) is 9.78 Å². The number of carbonyl (C=O) groups is 2. The lowest BCUT2D eigenvalue weighted by Crippen LogP contribution is -2.49. The predicted molar refractivity (Wildman–Crippen MR) is 70.0 cm³/mol. The lowest BCUT2D eigenvalue weighted by atomic mass is 10.2. The van der Waals surface area contributed by atoms with E-state index < -0.39 is 12.1 Å². The van der Waals surface area contributed by atoms with Gasteiger partial charge in [-0.2, -0.15) is 0 Å². The van der Waals surface area contributed by atoms with E-state index in [1.165, 1.54) is 0 Å². The summed E-state index contributed by atoms with van der Waals surface area (Å²) in [6.45, 7) is 1.46. The molecule has 0 spiro atoms. The number of aliphatic carboxylic acids is 1. The first-order valence-electron chi connectivity index (χ1n) is 6.41. The number of rotatable bonds is 4. The van der Waals surface area contributed by atoms with Crippen LogP contribution in [0.3, 0.4) is 0 Å². The molecule has 0 aromatic carbocycles. The summed E-state index contributed by atoms with van der Waals surface area (Å²) >= 11 is 0. The Bertz CT molecular complexity index is 466. The number of aromatic nitrogens is 1. The highest BCUT2D eigenvalue weighted by molar-refractivity contribution is 5.74. The molecule has 0 bridgehead atoms. The second-order valence-corrected chi connectivity index (χ2v) is 4.52. The monoisotopic (exact) mass is 279 g/mol. The van der Waals surface area contributed by atoms with E-state index in [2.05, 4.69) is 10.3 Å². The molecule has 2 amide bonds. The zero-order valence-electron chi connectivity index (χ0n) is 11.0. The molecule has 7 nitrogen and oxygen atoms in total. The number of amides is 2. The number of morpholine rings is 1. The van der Waals surface area contributed by atoms with Crippen LogP contribution < -0.4 is 5.32 Å². The van der Waals surface area contributed by atoms with Gasteiger partial charge in [0.25, 0.3) is 0 Å². The number of hydrogen-bond donors (Lipinski definition) is 2. The maximum absolute atomic E-state index is 12.0. The summed E-state index contributed by atoms with van der Waals surface area (Å²) in [7, 11) is 0. The van der Waals surface area contributed by atoms with Gasteiger partial charge in [0.2, 0.25) is 0 Å². The predicted octanol–water partition coefficient (Wildman–Crippen LogP) is 0.467. The summed E-state index contributed by atoms with van der Waals surface area (Å²) in [5, 5.41) is 11.5. The van der Waals surface area contributed by atoms with Crippen LogP contribution in [0, 0.1) is 0 Å². The van der Waals surface area contributed by atoms with Crippen LogP contribution in [-0.4, -0.2) is 52.8 Å². The van der Waals surface area contributed by atoms with Gasteiger partial charge in [0.15, 0.2) is 0 Å². The van der Waals surface area contributed by atoms with E-state index in [9.17, 15) is 9.59 Å². The SMILES string of the molecule is O=C(O)CC1CN(C(=O)NCc2ccccn2)CCO1. The van der Waals surface area contributed by atoms with Crippen molar-refractivity contribution in [2.45, 2.75) is 19.1 Å². The van der Waals surface area contributed by atoms with E-state index in [1.54, 1.807) is 11.1 Å². The molecule has 20 heavy (non-hydrogen) atoms. The van der Waals surface area contributed by atoms with Crippen LogP contribution in [0.4, 0.5) is 4.79 Å². The Balaban J connectivity index is 1.81. The number of pyridine rings is 1. The van der Waals surface area contributed by atoms with Crippen LogP contribution in [-0.2, 0) is 16.1 Å². The second-order valence-electron chi connectivity index (χ2n) is 4.52. The summed E-state index contributed by atoms with van der Waals surface area (Å²) in [5.41, 5.74) is 0.774. The van der Waals surface area contributed by atoms with Gasteiger partial charge < -0.3 is 20.1 Å². The fourth-order valence-electron chi connectivity index (χ4n) is 2.00. The molecule has 0 radical (unpaired) electrons. The fraction of sp³-hybridized carbons (Fsp3) is 0.462. The maximum atomic E-state index is 12.0. The fourth-order valence-corrected chi connectivity index (χ4v) is 2.00. The van der Waals surface area contributed by atoms with E-state index in [0.29, 0.717) is 26.2 Å². The minimum Gasteiger partial charge on any atom is -0.481 e. The molecular formula is C13H17N3O4. The van der Waals surface area contributed by atoms with Crippen LogP contribution >= 0.6 is 0 Å². The molecule has 1 fully saturated rings. The van der Waals surface area contributed by atoms with E-state index in [-0.39, 0.29) is 12.5 Å². The lowest BCUT2D eigenvalue weighted by molar-refractivity contribution is -0.141. The Morgan fingerprint density at radius 1 is 1.50 bits per heavy atom. The number of carboxylic acid groups (broad SMARTS) is 1. The largest absolute Gasteiger partial charge is 0.481 e. The number of nitrogens with one attached hydrogen (secondary N) is 1. The molecule has 1 aliphatic rings. The Morgan fingerprint density at radius 3 is 3.05 bits per heavy atom. The molecule has 1 aromatic heterocycles. The number of hydrogen-bond acceptors (Lipinski definition) is 4. The number of carbonyl (C=O) groups excluding carboxylic acids is 1. The summed E-state index contributed by atoms with van der Waals surface area (Å²) in [6.07, 6.45) is 1.13. The summed E-state index contributed by atoms with van der Waals surface area (Å²) < 4.78 is 5.32. The van der Waals surface area contributed by atoms with Gasteiger partial charge in [-0.15, -0.1) is 0 Å². The van der Waals surface area contributed by atoms with E-state index in [4.69, 9.17) is 9.84 Å². The van der Waals surface area contributed by atoms with Gasteiger partial charge >= 0.3 is 12.0 Å². The number of nitrogens with zero attached hydrogens (tertiary/aromatic N) is 2. The minimum absolute atomic E-state index is 0.0932. The molecule has 2 heterocycles. The molecule has 1 saturated heterocycles. The van der Waals surface area contributed by atoms with Crippen LogP contribution in [0.15, 0.2) is 24.4 Å². The van der Waals surface area contributed by atoms with Crippen molar-refractivity contribution in [3.63, 3.8) is 0 Å². The third-order valence-corrected chi connectivity index (χ3v) is 2.98. The number of ether oxygens (including phenoxy) is 1. The summed E-state index contributed by atoms with van der Waals surface area (Å²) in [6, 6.07) is 5.26. The molecule has 1 aliphatic heterocycles. The van der Waals surface area contributed by atoms with Crippen LogP contribution in [0.1, 0.15) is 12.1 Å². The molecule has 108 valence electrons. The normalized spacial score (nSPS) is 18.6.